The highest BCUT2D eigenvalue weighted by Gasteiger charge is 2.25. The van der Waals surface area contributed by atoms with Crippen LogP contribution >= 0.6 is 0 Å². The highest BCUT2D eigenvalue weighted by Crippen LogP contribution is 2.25. The van der Waals surface area contributed by atoms with E-state index in [0.29, 0.717) is 5.75 Å². The topological polar surface area (TPSA) is 35.5 Å². The summed E-state index contributed by atoms with van der Waals surface area (Å²) in [6.45, 7) is 3.74. The normalized spacial score (nSPS) is 11.8. The van der Waals surface area contributed by atoms with Crippen LogP contribution in [0.3, 0.4) is 0 Å². The number of hydrogen-bond acceptors (Lipinski definition) is 3. The molecular weight excluding hydrogens is 290 g/mol. The number of benzene rings is 2. The molecule has 2 rings (SSSR count). The van der Waals surface area contributed by atoms with Crippen molar-refractivity contribution in [1.82, 2.24) is 0 Å². The fourth-order valence-electron chi connectivity index (χ4n) is 1.90. The lowest BCUT2D eigenvalue weighted by molar-refractivity contribution is -0.151. The first-order valence-electron chi connectivity index (χ1n) is 6.86. The molecule has 5 heteroatoms. The summed E-state index contributed by atoms with van der Waals surface area (Å²) in [5.41, 5.74) is 1.23. The molecule has 0 saturated carbocycles. The van der Waals surface area contributed by atoms with Crippen molar-refractivity contribution in [2.45, 2.75) is 20.0 Å². The Bertz CT molecular complexity index is 653. The van der Waals surface area contributed by atoms with Crippen LogP contribution in [0.2, 0.25) is 0 Å². The van der Waals surface area contributed by atoms with E-state index in [1.54, 1.807) is 19.1 Å². The summed E-state index contributed by atoms with van der Waals surface area (Å²) in [5.74, 6) is -2.25. The van der Waals surface area contributed by atoms with E-state index < -0.39 is 23.7 Å². The van der Waals surface area contributed by atoms with Crippen molar-refractivity contribution >= 4 is 5.97 Å². The quantitative estimate of drug-likeness (QED) is 0.784. The zero-order valence-corrected chi connectivity index (χ0v) is 12.3. The summed E-state index contributed by atoms with van der Waals surface area (Å²) in [6.07, 6.45) is -1.15. The molecule has 0 aliphatic heterocycles. The van der Waals surface area contributed by atoms with E-state index in [1.807, 2.05) is 19.1 Å². The van der Waals surface area contributed by atoms with Gasteiger partial charge in [0.1, 0.15) is 5.75 Å². The molecule has 22 heavy (non-hydrogen) atoms. The number of esters is 1. The van der Waals surface area contributed by atoms with E-state index in [1.165, 1.54) is 6.07 Å². The highest BCUT2D eigenvalue weighted by molar-refractivity contribution is 5.77. The van der Waals surface area contributed by atoms with Crippen molar-refractivity contribution < 1.29 is 23.0 Å². The third-order valence-electron chi connectivity index (χ3n) is 3.02. The summed E-state index contributed by atoms with van der Waals surface area (Å²) in [5, 5.41) is 0. The second-order valence-corrected chi connectivity index (χ2v) is 4.74. The van der Waals surface area contributed by atoms with Crippen LogP contribution in [0.4, 0.5) is 8.78 Å². The molecule has 3 nitrogen and oxygen atoms in total. The molecule has 0 heterocycles. The van der Waals surface area contributed by atoms with Gasteiger partial charge in [0.15, 0.2) is 11.6 Å². The molecule has 1 unspecified atom stereocenters. The third-order valence-corrected chi connectivity index (χ3v) is 3.02. The van der Waals surface area contributed by atoms with E-state index >= 15 is 0 Å². The second kappa shape index (κ2) is 7.02. The summed E-state index contributed by atoms with van der Waals surface area (Å²) in [6, 6.07) is 10.2. The van der Waals surface area contributed by atoms with Crippen LogP contribution in [0.15, 0.2) is 42.5 Å². The number of carbonyl (C=O) groups is 1. The summed E-state index contributed by atoms with van der Waals surface area (Å²) in [4.78, 5) is 12.0. The highest BCUT2D eigenvalue weighted by atomic mass is 19.2. The SMILES string of the molecule is CCOC(=O)C(Oc1ccc(C)cc1)c1ccc(F)c(F)c1. The number of aryl methyl sites for hydroxylation is 1. The van der Waals surface area contributed by atoms with Crippen LogP contribution in [0, 0.1) is 18.6 Å². The molecule has 0 saturated heterocycles. The minimum Gasteiger partial charge on any atom is -0.474 e. The number of halogens is 2. The summed E-state index contributed by atoms with van der Waals surface area (Å²) in [7, 11) is 0. The predicted octanol–water partition coefficient (Wildman–Crippen LogP) is 3.96. The maximum absolute atomic E-state index is 13.4. The van der Waals surface area contributed by atoms with E-state index in [-0.39, 0.29) is 12.2 Å². The van der Waals surface area contributed by atoms with Gasteiger partial charge in [0.2, 0.25) is 6.10 Å². The first kappa shape index (κ1) is 15.9. The van der Waals surface area contributed by atoms with E-state index in [2.05, 4.69) is 0 Å². The Balaban J connectivity index is 2.31. The molecule has 0 bridgehead atoms. The molecule has 0 radical (unpaired) electrons. The first-order chi connectivity index (χ1) is 10.5. The number of ether oxygens (including phenoxy) is 2. The van der Waals surface area contributed by atoms with Crippen molar-refractivity contribution in [2.24, 2.45) is 0 Å². The van der Waals surface area contributed by atoms with Crippen LogP contribution in [-0.4, -0.2) is 12.6 Å². The molecule has 116 valence electrons. The second-order valence-electron chi connectivity index (χ2n) is 4.74. The molecule has 0 N–H and O–H groups in total. The van der Waals surface area contributed by atoms with Gasteiger partial charge in [-0.1, -0.05) is 23.8 Å². The molecule has 2 aromatic carbocycles. The van der Waals surface area contributed by atoms with Crippen LogP contribution in [-0.2, 0) is 9.53 Å². The van der Waals surface area contributed by atoms with Gasteiger partial charge in [-0.05, 0) is 38.1 Å². The Morgan fingerprint density at radius 3 is 2.36 bits per heavy atom. The van der Waals surface area contributed by atoms with Crippen molar-refractivity contribution in [3.05, 3.63) is 65.2 Å². The number of carbonyl (C=O) groups excluding carboxylic acids is 1. The minimum absolute atomic E-state index is 0.163. The molecule has 2 aromatic rings. The Labute approximate surface area is 127 Å². The van der Waals surface area contributed by atoms with Gasteiger partial charge in [0, 0.05) is 5.56 Å². The number of rotatable bonds is 5. The average Bonchev–Trinajstić information content (AvgIpc) is 2.50. The van der Waals surface area contributed by atoms with Gasteiger partial charge in [-0.15, -0.1) is 0 Å². The molecule has 0 fully saturated rings. The van der Waals surface area contributed by atoms with Gasteiger partial charge in [0.25, 0.3) is 0 Å². The Kier molecular flexibility index (Phi) is 5.09. The van der Waals surface area contributed by atoms with Gasteiger partial charge in [-0.25, -0.2) is 13.6 Å². The molecule has 0 aliphatic carbocycles. The van der Waals surface area contributed by atoms with Gasteiger partial charge in [-0.3, -0.25) is 0 Å². The maximum Gasteiger partial charge on any atom is 0.352 e. The lowest BCUT2D eigenvalue weighted by Gasteiger charge is -2.18. The van der Waals surface area contributed by atoms with Crippen LogP contribution in [0.5, 0.6) is 5.75 Å². The molecule has 1 atom stereocenters. The van der Waals surface area contributed by atoms with E-state index in [4.69, 9.17) is 9.47 Å². The van der Waals surface area contributed by atoms with Gasteiger partial charge in [-0.2, -0.15) is 0 Å². The first-order valence-corrected chi connectivity index (χ1v) is 6.86. The summed E-state index contributed by atoms with van der Waals surface area (Å²) < 4.78 is 37.0. The van der Waals surface area contributed by atoms with Crippen LogP contribution in [0.1, 0.15) is 24.2 Å². The Morgan fingerprint density at radius 1 is 1.09 bits per heavy atom. The van der Waals surface area contributed by atoms with Crippen molar-refractivity contribution in [1.29, 1.82) is 0 Å². The Hall–Kier alpha value is -2.43. The average molecular weight is 306 g/mol. The zero-order chi connectivity index (χ0) is 16.1. The minimum atomic E-state index is -1.15. The van der Waals surface area contributed by atoms with Gasteiger partial charge >= 0.3 is 5.97 Å². The monoisotopic (exact) mass is 306 g/mol. The van der Waals surface area contributed by atoms with Crippen molar-refractivity contribution in [3.8, 4) is 5.75 Å². The smallest absolute Gasteiger partial charge is 0.352 e. The zero-order valence-electron chi connectivity index (χ0n) is 12.3. The van der Waals surface area contributed by atoms with Crippen molar-refractivity contribution in [2.75, 3.05) is 6.61 Å². The standard InChI is InChI=1S/C17H16F2O3/c1-3-21-17(20)16(12-6-9-14(18)15(19)10-12)22-13-7-4-11(2)5-8-13/h4-10,16H,3H2,1-2H3. The van der Waals surface area contributed by atoms with Gasteiger partial charge < -0.3 is 9.47 Å². The third kappa shape index (κ3) is 3.81. The lowest BCUT2D eigenvalue weighted by atomic mass is 10.1. The Morgan fingerprint density at radius 2 is 1.77 bits per heavy atom. The van der Waals surface area contributed by atoms with Crippen LogP contribution in [0.25, 0.3) is 0 Å². The molecule has 0 spiro atoms. The fraction of sp³-hybridized carbons (Fsp3) is 0.235. The van der Waals surface area contributed by atoms with E-state index in [0.717, 1.165) is 17.7 Å². The molecule has 0 aromatic heterocycles. The van der Waals surface area contributed by atoms with Crippen LogP contribution < -0.4 is 4.74 Å². The van der Waals surface area contributed by atoms with Crippen molar-refractivity contribution in [3.63, 3.8) is 0 Å². The predicted molar refractivity (Wildman–Crippen MR) is 77.5 cm³/mol. The molecule has 0 amide bonds. The fourth-order valence-corrected chi connectivity index (χ4v) is 1.90. The molecular formula is C17H16F2O3. The maximum atomic E-state index is 13.4. The van der Waals surface area contributed by atoms with Gasteiger partial charge in [0.05, 0.1) is 6.61 Å². The summed E-state index contributed by atoms with van der Waals surface area (Å²) >= 11 is 0. The molecule has 0 aliphatic rings. The lowest BCUT2D eigenvalue weighted by Crippen LogP contribution is -2.21. The number of hydrogen-bond donors (Lipinski definition) is 0. The van der Waals surface area contributed by atoms with E-state index in [9.17, 15) is 13.6 Å². The largest absolute Gasteiger partial charge is 0.474 e.